The highest BCUT2D eigenvalue weighted by molar-refractivity contribution is 6.56. The summed E-state index contributed by atoms with van der Waals surface area (Å²) in [5.74, 6) is -7.47. The van der Waals surface area contributed by atoms with Crippen LogP contribution in [0.3, 0.4) is 0 Å². The van der Waals surface area contributed by atoms with E-state index in [0.29, 0.717) is 11.4 Å². The average Bonchev–Trinajstić information content (AvgIpc) is 3.76. The average molecular weight is 796 g/mol. The van der Waals surface area contributed by atoms with Gasteiger partial charge in [0.05, 0.1) is 41.4 Å². The molecule has 0 radical (unpaired) electrons. The minimum atomic E-state index is -2.00. The number of phenolic OH excluding ortho intramolecular Hbond substituents is 1. The van der Waals surface area contributed by atoms with E-state index in [-0.39, 0.29) is 50.7 Å². The van der Waals surface area contributed by atoms with Crippen molar-refractivity contribution in [3.8, 4) is 34.1 Å². The number of aromatic nitrogens is 2. The lowest BCUT2D eigenvalue weighted by Crippen LogP contribution is -2.46. The summed E-state index contributed by atoms with van der Waals surface area (Å²) in [7, 11) is 1.45. The van der Waals surface area contributed by atoms with Crippen LogP contribution in [0.4, 0.5) is 0 Å². The van der Waals surface area contributed by atoms with Gasteiger partial charge in [-0.1, -0.05) is 76.3 Å². The Kier molecular flexibility index (Phi) is 11.8. The van der Waals surface area contributed by atoms with Gasteiger partial charge in [0.25, 0.3) is 11.7 Å². The Labute approximate surface area is 336 Å². The van der Waals surface area contributed by atoms with Crippen LogP contribution in [-0.4, -0.2) is 91.8 Å². The van der Waals surface area contributed by atoms with Crippen LogP contribution < -0.4 is 4.74 Å². The van der Waals surface area contributed by atoms with Crippen molar-refractivity contribution >= 4 is 29.2 Å². The van der Waals surface area contributed by atoms with E-state index in [2.05, 4.69) is 9.98 Å². The van der Waals surface area contributed by atoms with Crippen LogP contribution in [0.15, 0.2) is 71.5 Å². The second-order valence-electron chi connectivity index (χ2n) is 15.4. The zero-order chi connectivity index (χ0) is 42.4. The number of imidazole rings is 1. The molecule has 3 aliphatic rings. The highest BCUT2D eigenvalue weighted by Gasteiger charge is 2.52. The van der Waals surface area contributed by atoms with Gasteiger partial charge in [0.1, 0.15) is 34.8 Å². The normalized spacial score (nSPS) is 31.0. The molecule has 0 fully saturated rings. The van der Waals surface area contributed by atoms with E-state index in [4.69, 9.17) is 23.9 Å². The number of aliphatic hydroxyl groups is 2. The van der Waals surface area contributed by atoms with E-state index in [9.17, 15) is 34.5 Å². The van der Waals surface area contributed by atoms with E-state index < -0.39 is 83.1 Å². The van der Waals surface area contributed by atoms with Crippen molar-refractivity contribution in [3.05, 3.63) is 88.9 Å². The van der Waals surface area contributed by atoms with E-state index in [1.54, 1.807) is 64.1 Å². The third-order valence-electron chi connectivity index (χ3n) is 11.4. The standard InChI is InChI=1S/C44H49N3O11/c1-20-14-13-15-21(2)43(54)47-34-33-32(45-42(46-33)27-16-11-10-12-17-27)29-30(38(34)52)37(51)25(6)40-31(29)41(53)44(8,58-40)56-19-18-28(55-9)22(3)39(57-26(7)48)24(5)36(50)23(4)35(20)49/h10-20,22-24,28,35-36,39,49-51H,1-9H3,(H,45,46)/b14-13+,19-18+,21-15-,47-34?/t20-,22+,23+,24+,28-,35-,36+,39+,44-/m0/s1. The van der Waals surface area contributed by atoms with Gasteiger partial charge in [0.15, 0.2) is 0 Å². The quantitative estimate of drug-likeness (QED) is 0.232. The fraction of sp³-hybridized carbons (Fsp3) is 0.409. The van der Waals surface area contributed by atoms with Crippen LogP contribution in [0.5, 0.6) is 11.5 Å². The summed E-state index contributed by atoms with van der Waals surface area (Å²) in [5, 5.41) is 34.5. The van der Waals surface area contributed by atoms with Gasteiger partial charge in [0.2, 0.25) is 5.78 Å². The maximum Gasteiger partial charge on any atom is 0.312 e. The number of rotatable bonds is 3. The summed E-state index contributed by atoms with van der Waals surface area (Å²) >= 11 is 0. The first-order valence-corrected chi connectivity index (χ1v) is 19.1. The Hall–Kier alpha value is -5.70. The molecular weight excluding hydrogens is 746 g/mol. The van der Waals surface area contributed by atoms with Gasteiger partial charge in [-0.2, -0.15) is 0 Å². The van der Waals surface area contributed by atoms with E-state index >= 15 is 0 Å². The molecule has 306 valence electrons. The Morgan fingerprint density at radius 3 is 2.28 bits per heavy atom. The Morgan fingerprint density at radius 2 is 1.62 bits per heavy atom. The number of hydrogen-bond donors (Lipinski definition) is 4. The molecular formula is C44H49N3O11. The van der Waals surface area contributed by atoms with Crippen LogP contribution in [0.1, 0.15) is 80.4 Å². The van der Waals surface area contributed by atoms with Crippen LogP contribution in [0, 0.1) is 30.6 Å². The number of ketones is 2. The second kappa shape index (κ2) is 16.3. The summed E-state index contributed by atoms with van der Waals surface area (Å²) in [6.07, 6.45) is 3.65. The number of carbonyl (C=O) groups excluding carboxylic acids is 4. The molecule has 14 heteroatoms. The number of benzene rings is 2. The van der Waals surface area contributed by atoms with Crippen molar-refractivity contribution in [1.29, 1.82) is 0 Å². The number of phenols is 1. The van der Waals surface area contributed by atoms with Crippen LogP contribution >= 0.6 is 0 Å². The van der Waals surface area contributed by atoms with Crippen LogP contribution in [0.25, 0.3) is 22.6 Å². The van der Waals surface area contributed by atoms with Crippen LogP contribution in [-0.2, 0) is 23.8 Å². The number of ether oxygens (including phenoxy) is 4. The lowest BCUT2D eigenvalue weighted by Gasteiger charge is -2.38. The third-order valence-corrected chi connectivity index (χ3v) is 11.4. The highest BCUT2D eigenvalue weighted by atomic mass is 16.7. The number of aliphatic hydroxyl groups excluding tert-OH is 2. The number of hydrogen-bond acceptors (Lipinski definition) is 12. The Bertz CT molecular complexity index is 2270. The van der Waals surface area contributed by atoms with Crippen molar-refractivity contribution in [2.45, 2.75) is 85.6 Å². The molecule has 2 aliphatic heterocycles. The van der Waals surface area contributed by atoms with Gasteiger partial charge in [-0.05, 0) is 19.9 Å². The number of carbonyl (C=O) groups is 4. The molecule has 0 unspecified atom stereocenters. The van der Waals surface area contributed by atoms with Gasteiger partial charge in [-0.25, -0.2) is 9.98 Å². The molecule has 0 saturated carbocycles. The van der Waals surface area contributed by atoms with Crippen molar-refractivity contribution < 1.29 is 53.4 Å². The molecule has 3 aromatic rings. The maximum atomic E-state index is 14.5. The Morgan fingerprint density at radius 1 is 0.931 bits per heavy atom. The first kappa shape index (κ1) is 41.9. The van der Waals surface area contributed by atoms with Gasteiger partial charge in [0, 0.05) is 66.9 Å². The van der Waals surface area contributed by atoms with Gasteiger partial charge >= 0.3 is 11.8 Å². The fourth-order valence-electron chi connectivity index (χ4n) is 7.88. The number of fused-ring (bicyclic) bond motifs is 4. The number of esters is 1. The molecule has 1 aliphatic carbocycles. The first-order chi connectivity index (χ1) is 27.4. The monoisotopic (exact) mass is 795 g/mol. The van der Waals surface area contributed by atoms with E-state index in [1.807, 2.05) is 6.07 Å². The molecule has 5 bridgehead atoms. The molecule has 1 amide bonds. The molecule has 14 nitrogen and oxygen atoms in total. The predicted octanol–water partition coefficient (Wildman–Crippen LogP) is 5.82. The lowest BCUT2D eigenvalue weighted by molar-refractivity contribution is -0.160. The van der Waals surface area contributed by atoms with Crippen molar-refractivity contribution in [1.82, 2.24) is 9.97 Å². The molecule has 3 heterocycles. The molecule has 9 atom stereocenters. The molecule has 58 heavy (non-hydrogen) atoms. The smallest absolute Gasteiger partial charge is 0.312 e. The SMILES string of the molecule is CO[C@H]1/C=C/O[C@@]2(C)Oc3c(C)c(O)c4c(c3C2=O)-c2nc(-c3ccccc3)[nH]c2C(=NC(=O)/C(C)=C\C=C\[C@H](C)[C@H](O)[C@@H](C)[C@@H](O)[C@@H](C)[C@H](OC(C)=O)[C@@H]1C)C4=O. The number of nitrogens with one attached hydrogen (secondary N) is 1. The molecule has 1 aromatic heterocycles. The fourth-order valence-corrected chi connectivity index (χ4v) is 7.88. The summed E-state index contributed by atoms with van der Waals surface area (Å²) < 4.78 is 23.7. The zero-order valence-corrected chi connectivity index (χ0v) is 33.9. The summed E-state index contributed by atoms with van der Waals surface area (Å²) in [4.78, 5) is 67.2. The maximum absolute atomic E-state index is 14.5. The van der Waals surface area contributed by atoms with E-state index in [0.717, 1.165) is 0 Å². The van der Waals surface area contributed by atoms with Gasteiger partial charge in [-0.3, -0.25) is 19.2 Å². The number of allylic oxidation sites excluding steroid dienone is 2. The molecule has 2 aromatic carbocycles. The van der Waals surface area contributed by atoms with Crippen molar-refractivity contribution in [3.63, 3.8) is 0 Å². The second-order valence-corrected chi connectivity index (χ2v) is 15.4. The topological polar surface area (TPSA) is 207 Å². The number of H-pyrrole nitrogens is 1. The third kappa shape index (κ3) is 7.43. The summed E-state index contributed by atoms with van der Waals surface area (Å²) in [6, 6.07) is 9.01. The number of Topliss-reactive ketones (excluding diaryl/α,β-unsaturated/α-hetero) is 2. The molecule has 0 saturated heterocycles. The zero-order valence-electron chi connectivity index (χ0n) is 33.9. The predicted molar refractivity (Wildman–Crippen MR) is 213 cm³/mol. The number of aromatic amines is 1. The van der Waals surface area contributed by atoms with Gasteiger partial charge < -0.3 is 39.3 Å². The largest absolute Gasteiger partial charge is 0.507 e. The molecule has 4 N–H and O–H groups in total. The number of nitrogens with zero attached hydrogens (tertiary/aromatic N) is 2. The summed E-state index contributed by atoms with van der Waals surface area (Å²) in [5.41, 5.74) is 0.382. The number of aromatic hydroxyl groups is 1. The lowest BCUT2D eigenvalue weighted by atomic mass is 9.78. The minimum absolute atomic E-state index is 0.00387. The highest BCUT2D eigenvalue weighted by Crippen LogP contribution is 2.52. The van der Waals surface area contributed by atoms with Crippen LogP contribution in [0.2, 0.25) is 0 Å². The number of methoxy groups -OCH3 is 1. The molecule has 0 spiro atoms. The Balaban J connectivity index is 1.54. The van der Waals surface area contributed by atoms with Crippen molar-refractivity contribution in [2.24, 2.45) is 28.7 Å². The molecule has 6 rings (SSSR count). The summed E-state index contributed by atoms with van der Waals surface area (Å²) in [6.45, 7) is 12.6. The minimum Gasteiger partial charge on any atom is -0.507 e. The number of aliphatic imine (C=N–C) groups is 1. The first-order valence-electron chi connectivity index (χ1n) is 19.1. The van der Waals surface area contributed by atoms with Gasteiger partial charge in [-0.15, -0.1) is 0 Å². The van der Waals surface area contributed by atoms with Crippen molar-refractivity contribution in [2.75, 3.05) is 7.11 Å². The van der Waals surface area contributed by atoms with E-state index in [1.165, 1.54) is 53.2 Å². The number of amides is 1.